The van der Waals surface area contributed by atoms with Gasteiger partial charge in [0.25, 0.3) is 0 Å². The molecule has 0 bridgehead atoms. The first kappa shape index (κ1) is 13.8. The number of nitrogens with zero attached hydrogens (tertiary/aromatic N) is 1. The van der Waals surface area contributed by atoms with Crippen molar-refractivity contribution in [1.82, 2.24) is 10.3 Å². The minimum Gasteiger partial charge on any atom is -0.311 e. The zero-order chi connectivity index (χ0) is 12.0. The van der Waals surface area contributed by atoms with E-state index in [0.29, 0.717) is 5.92 Å². The van der Waals surface area contributed by atoms with Crippen LogP contribution in [0.3, 0.4) is 0 Å². The van der Waals surface area contributed by atoms with E-state index >= 15 is 0 Å². The summed E-state index contributed by atoms with van der Waals surface area (Å²) in [6, 6.07) is 0. The third-order valence-corrected chi connectivity index (χ3v) is 4.79. The maximum absolute atomic E-state index is 11.2. The number of hydrogen-bond donors (Lipinski definition) is 1. The van der Waals surface area contributed by atoms with Gasteiger partial charge in [-0.1, -0.05) is 20.8 Å². The van der Waals surface area contributed by atoms with Crippen LogP contribution in [0.25, 0.3) is 0 Å². The monoisotopic (exact) mass is 260 g/mol. The second-order valence-electron chi connectivity index (χ2n) is 3.93. The van der Waals surface area contributed by atoms with Gasteiger partial charge >= 0.3 is 0 Å². The maximum Gasteiger partial charge on any atom is 0.0953 e. The predicted molar refractivity (Wildman–Crippen MR) is 71.5 cm³/mol. The van der Waals surface area contributed by atoms with Gasteiger partial charge in [-0.05, 0) is 0 Å². The summed E-state index contributed by atoms with van der Waals surface area (Å²) in [4.78, 5) is 5.62. The van der Waals surface area contributed by atoms with Gasteiger partial charge < -0.3 is 5.32 Å². The lowest BCUT2D eigenvalue weighted by Crippen LogP contribution is -2.20. The predicted octanol–water partition coefficient (Wildman–Crippen LogP) is 2.12. The standard InChI is InChI=1S/C11H20N2OS2/c1-4-16(14)6-5-12-7-10-8-13-11(15-10)9(2)3/h8-9,12H,4-7H2,1-3H3. The zero-order valence-electron chi connectivity index (χ0n) is 10.2. The van der Waals surface area contributed by atoms with Crippen LogP contribution in [0.2, 0.25) is 0 Å². The molecule has 5 heteroatoms. The first-order valence-corrected chi connectivity index (χ1v) is 7.94. The molecule has 1 heterocycles. The third-order valence-electron chi connectivity index (χ3n) is 2.19. The quantitative estimate of drug-likeness (QED) is 0.764. The number of hydrogen-bond acceptors (Lipinski definition) is 4. The summed E-state index contributed by atoms with van der Waals surface area (Å²) < 4.78 is 11.2. The molecule has 3 nitrogen and oxygen atoms in total. The average molecular weight is 260 g/mol. The molecule has 1 unspecified atom stereocenters. The van der Waals surface area contributed by atoms with Crippen LogP contribution < -0.4 is 5.32 Å². The Morgan fingerprint density at radius 1 is 1.56 bits per heavy atom. The highest BCUT2D eigenvalue weighted by molar-refractivity contribution is 7.84. The van der Waals surface area contributed by atoms with E-state index in [4.69, 9.17) is 0 Å². The Bertz CT molecular complexity index is 336. The van der Waals surface area contributed by atoms with Crippen LogP contribution >= 0.6 is 11.3 Å². The minimum atomic E-state index is -0.662. The SMILES string of the molecule is CCS(=O)CCNCc1cnc(C(C)C)s1. The molecule has 0 aliphatic heterocycles. The molecule has 1 atom stereocenters. The van der Waals surface area contributed by atoms with Crippen LogP contribution in [0, 0.1) is 0 Å². The molecule has 0 aliphatic carbocycles. The highest BCUT2D eigenvalue weighted by atomic mass is 32.2. The molecule has 0 saturated heterocycles. The van der Waals surface area contributed by atoms with Crippen molar-refractivity contribution in [2.24, 2.45) is 0 Å². The van der Waals surface area contributed by atoms with Gasteiger partial charge in [-0.25, -0.2) is 4.98 Å². The fourth-order valence-electron chi connectivity index (χ4n) is 1.21. The Kier molecular flexibility index (Phi) is 6.16. The molecule has 1 N–H and O–H groups in total. The Morgan fingerprint density at radius 2 is 2.31 bits per heavy atom. The van der Waals surface area contributed by atoms with E-state index in [0.717, 1.165) is 24.6 Å². The summed E-state index contributed by atoms with van der Waals surface area (Å²) in [6.07, 6.45) is 1.93. The molecule has 1 aromatic heterocycles. The molecule has 0 amide bonds. The van der Waals surface area contributed by atoms with Gasteiger partial charge in [0.2, 0.25) is 0 Å². The Morgan fingerprint density at radius 3 is 2.88 bits per heavy atom. The summed E-state index contributed by atoms with van der Waals surface area (Å²) in [5.74, 6) is 2.00. The molecule has 92 valence electrons. The number of rotatable bonds is 7. The fraction of sp³-hybridized carbons (Fsp3) is 0.727. The molecule has 16 heavy (non-hydrogen) atoms. The Hall–Kier alpha value is -0.260. The van der Waals surface area contributed by atoms with Gasteiger partial charge in [-0.2, -0.15) is 0 Å². The van der Waals surface area contributed by atoms with Crippen molar-refractivity contribution in [2.45, 2.75) is 33.2 Å². The summed E-state index contributed by atoms with van der Waals surface area (Å²) in [5.41, 5.74) is 0. The van der Waals surface area contributed by atoms with Crippen molar-refractivity contribution in [3.05, 3.63) is 16.1 Å². The molecule has 0 spiro atoms. The molecular weight excluding hydrogens is 240 g/mol. The number of nitrogens with one attached hydrogen (secondary N) is 1. The first-order chi connectivity index (χ1) is 7.63. The third kappa shape index (κ3) is 4.72. The summed E-state index contributed by atoms with van der Waals surface area (Å²) in [6.45, 7) is 7.91. The lowest BCUT2D eigenvalue weighted by atomic mass is 10.2. The molecule has 0 aliphatic rings. The smallest absolute Gasteiger partial charge is 0.0953 e. The van der Waals surface area contributed by atoms with Gasteiger partial charge in [-0.15, -0.1) is 11.3 Å². The normalized spacial score (nSPS) is 13.2. The molecule has 1 rings (SSSR count). The van der Waals surface area contributed by atoms with Crippen molar-refractivity contribution < 1.29 is 4.21 Å². The van der Waals surface area contributed by atoms with Crippen molar-refractivity contribution in [3.63, 3.8) is 0 Å². The van der Waals surface area contributed by atoms with Crippen LogP contribution in [0.5, 0.6) is 0 Å². The van der Waals surface area contributed by atoms with Crippen molar-refractivity contribution in [1.29, 1.82) is 0 Å². The second-order valence-corrected chi connectivity index (χ2v) is 6.94. The van der Waals surface area contributed by atoms with Crippen LogP contribution in [0.1, 0.15) is 36.6 Å². The van der Waals surface area contributed by atoms with Crippen LogP contribution in [0.15, 0.2) is 6.20 Å². The van der Waals surface area contributed by atoms with Crippen molar-refractivity contribution in [2.75, 3.05) is 18.1 Å². The molecule has 0 saturated carbocycles. The van der Waals surface area contributed by atoms with Crippen molar-refractivity contribution >= 4 is 22.1 Å². The zero-order valence-corrected chi connectivity index (χ0v) is 11.8. The van der Waals surface area contributed by atoms with E-state index < -0.39 is 10.8 Å². The Labute approximate surface area is 104 Å². The molecule has 1 aromatic rings. The lowest BCUT2D eigenvalue weighted by Gasteiger charge is -2.01. The largest absolute Gasteiger partial charge is 0.311 e. The molecular formula is C11H20N2OS2. The van der Waals surface area contributed by atoms with E-state index in [9.17, 15) is 4.21 Å². The Balaban J connectivity index is 2.24. The van der Waals surface area contributed by atoms with E-state index in [-0.39, 0.29) is 0 Å². The van der Waals surface area contributed by atoms with Crippen molar-refractivity contribution in [3.8, 4) is 0 Å². The van der Waals surface area contributed by atoms with E-state index in [1.165, 1.54) is 9.88 Å². The summed E-state index contributed by atoms with van der Waals surface area (Å²) >= 11 is 1.76. The van der Waals surface area contributed by atoms with Gasteiger partial charge in [0.1, 0.15) is 0 Å². The van der Waals surface area contributed by atoms with E-state index in [1.54, 1.807) is 11.3 Å². The number of aromatic nitrogens is 1. The summed E-state index contributed by atoms with van der Waals surface area (Å²) in [5, 5.41) is 4.49. The van der Waals surface area contributed by atoms with Gasteiger partial charge in [-0.3, -0.25) is 4.21 Å². The summed E-state index contributed by atoms with van der Waals surface area (Å²) in [7, 11) is -0.662. The van der Waals surface area contributed by atoms with E-state index in [1.807, 2.05) is 13.1 Å². The highest BCUT2D eigenvalue weighted by Gasteiger charge is 2.05. The van der Waals surface area contributed by atoms with Crippen LogP contribution in [-0.4, -0.2) is 27.2 Å². The van der Waals surface area contributed by atoms with Crippen LogP contribution in [0.4, 0.5) is 0 Å². The number of thiazole rings is 1. The van der Waals surface area contributed by atoms with Gasteiger partial charge in [0.05, 0.1) is 5.01 Å². The fourth-order valence-corrected chi connectivity index (χ4v) is 2.76. The van der Waals surface area contributed by atoms with E-state index in [2.05, 4.69) is 24.1 Å². The van der Waals surface area contributed by atoms with Gasteiger partial charge in [0.15, 0.2) is 0 Å². The van der Waals surface area contributed by atoms with Crippen LogP contribution in [-0.2, 0) is 17.3 Å². The van der Waals surface area contributed by atoms with Gasteiger partial charge in [0, 0.05) is 52.4 Å². The average Bonchev–Trinajstić information content (AvgIpc) is 2.72. The molecule has 0 fully saturated rings. The molecule has 0 aromatic carbocycles. The highest BCUT2D eigenvalue weighted by Crippen LogP contribution is 2.20. The maximum atomic E-state index is 11.2. The lowest BCUT2D eigenvalue weighted by molar-refractivity contribution is 0.675. The topological polar surface area (TPSA) is 42.0 Å². The molecule has 0 radical (unpaired) electrons. The second kappa shape index (κ2) is 7.14. The minimum absolute atomic E-state index is 0.506. The first-order valence-electron chi connectivity index (χ1n) is 5.63.